The highest BCUT2D eigenvalue weighted by molar-refractivity contribution is 6.30. The second kappa shape index (κ2) is 7.27. The van der Waals surface area contributed by atoms with Crippen molar-refractivity contribution in [2.75, 3.05) is 6.54 Å². The van der Waals surface area contributed by atoms with Gasteiger partial charge in [-0.15, -0.1) is 0 Å². The van der Waals surface area contributed by atoms with E-state index in [0.717, 1.165) is 24.4 Å². The van der Waals surface area contributed by atoms with Crippen molar-refractivity contribution in [3.8, 4) is 5.75 Å². The van der Waals surface area contributed by atoms with Crippen molar-refractivity contribution < 1.29 is 9.13 Å². The van der Waals surface area contributed by atoms with Gasteiger partial charge in [0, 0.05) is 6.54 Å². The van der Waals surface area contributed by atoms with Gasteiger partial charge in [-0.05, 0) is 41.9 Å². The molecule has 0 aliphatic heterocycles. The lowest BCUT2D eigenvalue weighted by Gasteiger charge is -2.09. The Kier molecular flexibility index (Phi) is 5.39. The predicted octanol–water partition coefficient (Wildman–Crippen LogP) is 4.17. The zero-order valence-corrected chi connectivity index (χ0v) is 12.1. The lowest BCUT2D eigenvalue weighted by atomic mass is 10.2. The summed E-state index contributed by atoms with van der Waals surface area (Å²) in [5.74, 6) is 0.379. The standard InChI is InChI=1S/C16H17ClFNO/c1-2-19-10-12-4-3-5-14(8-12)20-11-13-6-7-16(18)15(17)9-13/h3-9,19H,2,10-11H2,1H3. The molecule has 0 saturated heterocycles. The summed E-state index contributed by atoms with van der Waals surface area (Å²) in [4.78, 5) is 0. The van der Waals surface area contributed by atoms with Crippen molar-refractivity contribution in [1.82, 2.24) is 5.32 Å². The van der Waals surface area contributed by atoms with Crippen LogP contribution in [0.25, 0.3) is 0 Å². The van der Waals surface area contributed by atoms with Crippen LogP contribution in [0.4, 0.5) is 4.39 Å². The molecule has 2 aromatic rings. The summed E-state index contributed by atoms with van der Waals surface area (Å²) < 4.78 is 18.8. The lowest BCUT2D eigenvalue weighted by Crippen LogP contribution is -2.11. The van der Waals surface area contributed by atoms with Gasteiger partial charge < -0.3 is 10.1 Å². The van der Waals surface area contributed by atoms with Gasteiger partial charge in [-0.3, -0.25) is 0 Å². The zero-order chi connectivity index (χ0) is 14.4. The van der Waals surface area contributed by atoms with Crippen LogP contribution in [0.15, 0.2) is 42.5 Å². The van der Waals surface area contributed by atoms with Crippen LogP contribution in [0, 0.1) is 5.82 Å². The van der Waals surface area contributed by atoms with E-state index >= 15 is 0 Å². The lowest BCUT2D eigenvalue weighted by molar-refractivity contribution is 0.305. The van der Waals surface area contributed by atoms with E-state index in [-0.39, 0.29) is 5.02 Å². The monoisotopic (exact) mass is 293 g/mol. The van der Waals surface area contributed by atoms with Crippen LogP contribution in [0.1, 0.15) is 18.1 Å². The van der Waals surface area contributed by atoms with Gasteiger partial charge in [0.25, 0.3) is 0 Å². The highest BCUT2D eigenvalue weighted by Crippen LogP contribution is 2.19. The molecule has 0 saturated carbocycles. The number of rotatable bonds is 6. The third kappa shape index (κ3) is 4.22. The van der Waals surface area contributed by atoms with Gasteiger partial charge >= 0.3 is 0 Å². The molecule has 2 rings (SSSR count). The molecule has 4 heteroatoms. The van der Waals surface area contributed by atoms with E-state index in [9.17, 15) is 4.39 Å². The van der Waals surface area contributed by atoms with E-state index < -0.39 is 5.82 Å². The number of hydrogen-bond donors (Lipinski definition) is 1. The molecular formula is C16H17ClFNO. The molecule has 2 aromatic carbocycles. The Bertz CT molecular complexity index is 574. The Labute approximate surface area is 123 Å². The highest BCUT2D eigenvalue weighted by Gasteiger charge is 2.02. The van der Waals surface area contributed by atoms with E-state index in [0.29, 0.717) is 6.61 Å². The molecule has 2 nitrogen and oxygen atoms in total. The quantitative estimate of drug-likeness (QED) is 0.863. The van der Waals surface area contributed by atoms with Crippen molar-refractivity contribution in [1.29, 1.82) is 0 Å². The van der Waals surface area contributed by atoms with Crippen molar-refractivity contribution >= 4 is 11.6 Å². The van der Waals surface area contributed by atoms with Crippen LogP contribution in [-0.4, -0.2) is 6.54 Å². The summed E-state index contributed by atoms with van der Waals surface area (Å²) in [7, 11) is 0. The van der Waals surface area contributed by atoms with E-state index in [1.54, 1.807) is 12.1 Å². The Morgan fingerprint density at radius 1 is 1.15 bits per heavy atom. The summed E-state index contributed by atoms with van der Waals surface area (Å²) in [6.07, 6.45) is 0. The largest absolute Gasteiger partial charge is 0.489 e. The number of nitrogens with one attached hydrogen (secondary N) is 1. The summed E-state index contributed by atoms with van der Waals surface area (Å²) in [5, 5.41) is 3.38. The highest BCUT2D eigenvalue weighted by atomic mass is 35.5. The van der Waals surface area contributed by atoms with E-state index in [4.69, 9.17) is 16.3 Å². The van der Waals surface area contributed by atoms with Crippen molar-refractivity contribution in [3.63, 3.8) is 0 Å². The Hall–Kier alpha value is -1.58. The average molecular weight is 294 g/mol. The first kappa shape index (κ1) is 14.8. The van der Waals surface area contributed by atoms with Gasteiger partial charge in [0.05, 0.1) is 5.02 Å². The van der Waals surface area contributed by atoms with Gasteiger partial charge in [-0.1, -0.05) is 36.7 Å². The molecule has 0 atom stereocenters. The van der Waals surface area contributed by atoms with Gasteiger partial charge in [0.2, 0.25) is 0 Å². The zero-order valence-electron chi connectivity index (χ0n) is 11.3. The number of hydrogen-bond acceptors (Lipinski definition) is 2. The van der Waals surface area contributed by atoms with E-state index in [1.165, 1.54) is 11.6 Å². The van der Waals surface area contributed by atoms with Gasteiger partial charge in [0.1, 0.15) is 18.2 Å². The molecule has 1 N–H and O–H groups in total. The van der Waals surface area contributed by atoms with Crippen LogP contribution in [0.2, 0.25) is 5.02 Å². The van der Waals surface area contributed by atoms with Gasteiger partial charge in [-0.25, -0.2) is 4.39 Å². The molecular weight excluding hydrogens is 277 g/mol. The summed E-state index contributed by atoms with van der Waals surface area (Å²) in [6, 6.07) is 12.5. The van der Waals surface area contributed by atoms with Crippen LogP contribution >= 0.6 is 11.6 Å². The number of halogens is 2. The summed E-state index contributed by atoms with van der Waals surface area (Å²) in [5.41, 5.74) is 2.01. The molecule has 0 radical (unpaired) electrons. The van der Waals surface area contributed by atoms with Crippen LogP contribution in [0.3, 0.4) is 0 Å². The first-order valence-electron chi connectivity index (χ1n) is 6.55. The summed E-state index contributed by atoms with van der Waals surface area (Å²) in [6.45, 7) is 4.18. The minimum Gasteiger partial charge on any atom is -0.489 e. The van der Waals surface area contributed by atoms with Crippen LogP contribution in [-0.2, 0) is 13.2 Å². The van der Waals surface area contributed by atoms with Crippen LogP contribution < -0.4 is 10.1 Å². The fraction of sp³-hybridized carbons (Fsp3) is 0.250. The molecule has 0 spiro atoms. The first-order chi connectivity index (χ1) is 9.69. The maximum absolute atomic E-state index is 13.1. The number of ether oxygens (including phenoxy) is 1. The average Bonchev–Trinajstić information content (AvgIpc) is 2.47. The molecule has 106 valence electrons. The Morgan fingerprint density at radius 2 is 2.00 bits per heavy atom. The molecule has 0 unspecified atom stereocenters. The second-order valence-electron chi connectivity index (χ2n) is 4.46. The molecule has 0 aliphatic rings. The third-order valence-corrected chi connectivity index (χ3v) is 3.16. The Morgan fingerprint density at radius 3 is 2.75 bits per heavy atom. The van der Waals surface area contributed by atoms with E-state index in [1.807, 2.05) is 24.3 Å². The van der Waals surface area contributed by atoms with Gasteiger partial charge in [0.15, 0.2) is 0 Å². The Balaban J connectivity index is 1.97. The van der Waals surface area contributed by atoms with E-state index in [2.05, 4.69) is 12.2 Å². The molecule has 0 amide bonds. The molecule has 20 heavy (non-hydrogen) atoms. The maximum Gasteiger partial charge on any atom is 0.141 e. The van der Waals surface area contributed by atoms with Gasteiger partial charge in [-0.2, -0.15) is 0 Å². The summed E-state index contributed by atoms with van der Waals surface area (Å²) >= 11 is 5.74. The SMILES string of the molecule is CCNCc1cccc(OCc2ccc(F)c(Cl)c2)c1. The molecule has 0 bridgehead atoms. The second-order valence-corrected chi connectivity index (χ2v) is 4.87. The third-order valence-electron chi connectivity index (χ3n) is 2.87. The van der Waals surface area contributed by atoms with Crippen LogP contribution in [0.5, 0.6) is 5.75 Å². The molecule has 0 aromatic heterocycles. The van der Waals surface area contributed by atoms with Crippen molar-refractivity contribution in [2.45, 2.75) is 20.1 Å². The minimum absolute atomic E-state index is 0.118. The normalized spacial score (nSPS) is 10.6. The van der Waals surface area contributed by atoms with Crippen molar-refractivity contribution in [2.24, 2.45) is 0 Å². The maximum atomic E-state index is 13.1. The first-order valence-corrected chi connectivity index (χ1v) is 6.93. The fourth-order valence-corrected chi connectivity index (χ4v) is 2.01. The smallest absolute Gasteiger partial charge is 0.141 e. The minimum atomic E-state index is -0.414. The molecule has 0 heterocycles. The topological polar surface area (TPSA) is 21.3 Å². The van der Waals surface area contributed by atoms with Crippen molar-refractivity contribution in [3.05, 3.63) is 64.4 Å². The predicted molar refractivity (Wildman–Crippen MR) is 79.6 cm³/mol. The molecule has 0 aliphatic carbocycles. The number of benzene rings is 2. The fourth-order valence-electron chi connectivity index (χ4n) is 1.81. The molecule has 0 fully saturated rings.